The van der Waals surface area contributed by atoms with Crippen LogP contribution >= 0.6 is 0 Å². The van der Waals surface area contributed by atoms with E-state index in [-0.39, 0.29) is 17.6 Å². The van der Waals surface area contributed by atoms with Gasteiger partial charge in [-0.15, -0.1) is 0 Å². The zero-order valence-corrected chi connectivity index (χ0v) is 13.4. The number of carbonyl (C=O) groups excluding carboxylic acids is 3. The van der Waals surface area contributed by atoms with Crippen LogP contribution in [0.15, 0.2) is 18.2 Å². The summed E-state index contributed by atoms with van der Waals surface area (Å²) in [6.07, 6.45) is 1.09. The van der Waals surface area contributed by atoms with E-state index in [9.17, 15) is 14.4 Å². The Bertz CT molecular complexity index is 704. The minimum atomic E-state index is -1.20. The van der Waals surface area contributed by atoms with Crippen LogP contribution in [0.2, 0.25) is 0 Å². The van der Waals surface area contributed by atoms with Crippen LogP contribution in [0.3, 0.4) is 0 Å². The van der Waals surface area contributed by atoms with Crippen molar-refractivity contribution < 1.29 is 14.4 Å². The molecule has 1 amide bonds. The molecule has 1 aromatic carbocycles. The summed E-state index contributed by atoms with van der Waals surface area (Å²) in [6.45, 7) is 7.65. The van der Waals surface area contributed by atoms with E-state index in [1.165, 1.54) is 0 Å². The Labute approximate surface area is 130 Å². The summed E-state index contributed by atoms with van der Waals surface area (Å²) < 4.78 is 0. The number of anilines is 1. The number of amides is 1. The number of hydrogen-bond donors (Lipinski definition) is 1. The second-order valence-electron chi connectivity index (χ2n) is 7.11. The van der Waals surface area contributed by atoms with Gasteiger partial charge in [-0.05, 0) is 49.3 Å². The molecule has 2 saturated carbocycles. The van der Waals surface area contributed by atoms with E-state index in [2.05, 4.69) is 5.32 Å². The summed E-state index contributed by atoms with van der Waals surface area (Å²) in [6, 6.07) is 5.68. The quantitative estimate of drug-likeness (QED) is 0.674. The SMILES string of the molecule is Cc1cccc(NC(=O)C23CCC(C(=O)C2=O)C3(C)C)c1C. The first kappa shape index (κ1) is 14.9. The number of carbonyl (C=O) groups is 3. The van der Waals surface area contributed by atoms with Gasteiger partial charge in [0, 0.05) is 11.6 Å². The van der Waals surface area contributed by atoms with Crippen molar-refractivity contribution in [1.29, 1.82) is 0 Å². The third-order valence-electron chi connectivity index (χ3n) is 5.95. The maximum absolute atomic E-state index is 12.9. The van der Waals surface area contributed by atoms with Gasteiger partial charge in [0.15, 0.2) is 0 Å². The number of rotatable bonds is 2. The van der Waals surface area contributed by atoms with Gasteiger partial charge in [0.1, 0.15) is 5.41 Å². The molecular formula is C18H21NO3. The molecule has 2 bridgehead atoms. The van der Waals surface area contributed by atoms with Crippen LogP contribution in [-0.2, 0) is 14.4 Å². The van der Waals surface area contributed by atoms with Crippen molar-refractivity contribution in [2.24, 2.45) is 16.7 Å². The average molecular weight is 299 g/mol. The minimum Gasteiger partial charge on any atom is -0.325 e. The van der Waals surface area contributed by atoms with Crippen LogP contribution in [0.5, 0.6) is 0 Å². The Hall–Kier alpha value is -1.97. The molecule has 22 heavy (non-hydrogen) atoms. The van der Waals surface area contributed by atoms with Gasteiger partial charge in [-0.2, -0.15) is 0 Å². The van der Waals surface area contributed by atoms with Crippen molar-refractivity contribution in [3.05, 3.63) is 29.3 Å². The van der Waals surface area contributed by atoms with Crippen molar-refractivity contribution in [3.8, 4) is 0 Å². The van der Waals surface area contributed by atoms with Gasteiger partial charge in [-0.3, -0.25) is 14.4 Å². The average Bonchev–Trinajstić information content (AvgIpc) is 2.80. The number of hydrogen-bond acceptors (Lipinski definition) is 3. The van der Waals surface area contributed by atoms with Gasteiger partial charge < -0.3 is 5.32 Å². The van der Waals surface area contributed by atoms with Crippen molar-refractivity contribution in [1.82, 2.24) is 0 Å². The summed E-state index contributed by atoms with van der Waals surface area (Å²) in [7, 11) is 0. The normalized spacial score (nSPS) is 29.0. The highest BCUT2D eigenvalue weighted by Gasteiger charge is 2.72. The Morgan fingerprint density at radius 2 is 1.91 bits per heavy atom. The predicted octanol–water partition coefficient (Wildman–Crippen LogP) is 2.82. The molecule has 2 aliphatic rings. The molecule has 0 aromatic heterocycles. The number of fused-ring (bicyclic) bond motifs is 2. The Morgan fingerprint density at radius 3 is 2.50 bits per heavy atom. The highest BCUT2D eigenvalue weighted by molar-refractivity contribution is 6.48. The predicted molar refractivity (Wildman–Crippen MR) is 83.5 cm³/mol. The van der Waals surface area contributed by atoms with E-state index in [4.69, 9.17) is 0 Å². The van der Waals surface area contributed by atoms with Crippen molar-refractivity contribution in [2.75, 3.05) is 5.32 Å². The lowest BCUT2D eigenvalue weighted by molar-refractivity contribution is -0.147. The van der Waals surface area contributed by atoms with Crippen LogP contribution in [0, 0.1) is 30.6 Å². The van der Waals surface area contributed by atoms with Gasteiger partial charge in [0.05, 0.1) is 0 Å². The molecule has 2 atom stereocenters. The number of nitrogens with one attached hydrogen (secondary N) is 1. The summed E-state index contributed by atoms with van der Waals surface area (Å²) in [4.78, 5) is 37.6. The molecule has 2 unspecified atom stereocenters. The molecule has 2 fully saturated rings. The molecule has 116 valence electrons. The molecule has 1 aromatic rings. The third-order valence-corrected chi connectivity index (χ3v) is 5.95. The number of Topliss-reactive ketones (excluding diaryl/α,β-unsaturated/α-hetero) is 2. The molecule has 3 rings (SSSR count). The molecule has 2 aliphatic carbocycles. The fourth-order valence-electron chi connectivity index (χ4n) is 4.20. The van der Waals surface area contributed by atoms with E-state index in [0.29, 0.717) is 18.5 Å². The Kier molecular flexibility index (Phi) is 3.06. The van der Waals surface area contributed by atoms with Crippen LogP contribution in [0.1, 0.15) is 37.8 Å². The number of benzene rings is 1. The molecule has 0 aliphatic heterocycles. The highest BCUT2D eigenvalue weighted by atomic mass is 16.2. The first-order chi connectivity index (χ1) is 10.2. The van der Waals surface area contributed by atoms with E-state index < -0.39 is 16.6 Å². The van der Waals surface area contributed by atoms with Crippen LogP contribution < -0.4 is 5.32 Å². The third kappa shape index (κ3) is 1.61. The molecular weight excluding hydrogens is 278 g/mol. The second kappa shape index (κ2) is 4.51. The van der Waals surface area contributed by atoms with Gasteiger partial charge >= 0.3 is 0 Å². The van der Waals surface area contributed by atoms with E-state index in [1.54, 1.807) is 0 Å². The minimum absolute atomic E-state index is 0.315. The maximum Gasteiger partial charge on any atom is 0.239 e. The second-order valence-corrected chi connectivity index (χ2v) is 7.11. The first-order valence-electron chi connectivity index (χ1n) is 7.70. The largest absolute Gasteiger partial charge is 0.325 e. The number of ketones is 2. The fourth-order valence-corrected chi connectivity index (χ4v) is 4.20. The van der Waals surface area contributed by atoms with Crippen molar-refractivity contribution >= 4 is 23.2 Å². The number of aryl methyl sites for hydroxylation is 1. The molecule has 0 heterocycles. The van der Waals surface area contributed by atoms with Crippen LogP contribution in [-0.4, -0.2) is 17.5 Å². The van der Waals surface area contributed by atoms with E-state index in [0.717, 1.165) is 11.1 Å². The molecule has 0 saturated heterocycles. The lowest BCUT2D eigenvalue weighted by Gasteiger charge is -2.34. The van der Waals surface area contributed by atoms with E-state index >= 15 is 0 Å². The molecule has 4 heteroatoms. The smallest absolute Gasteiger partial charge is 0.239 e. The van der Waals surface area contributed by atoms with Crippen molar-refractivity contribution in [3.63, 3.8) is 0 Å². The Balaban J connectivity index is 2.00. The monoisotopic (exact) mass is 299 g/mol. The molecule has 4 nitrogen and oxygen atoms in total. The van der Waals surface area contributed by atoms with Gasteiger partial charge in [0.2, 0.25) is 17.5 Å². The van der Waals surface area contributed by atoms with Crippen LogP contribution in [0.4, 0.5) is 5.69 Å². The molecule has 1 N–H and O–H groups in total. The fraction of sp³-hybridized carbons (Fsp3) is 0.500. The standard InChI is InChI=1S/C18H21NO3/c1-10-6-5-7-13(11(10)2)19-16(22)18-9-8-12(17(18,3)4)14(20)15(18)21/h5-7,12H,8-9H2,1-4H3,(H,19,22). The van der Waals surface area contributed by atoms with Crippen molar-refractivity contribution in [2.45, 2.75) is 40.5 Å². The van der Waals surface area contributed by atoms with Gasteiger partial charge in [0.25, 0.3) is 0 Å². The van der Waals surface area contributed by atoms with E-state index in [1.807, 2.05) is 45.9 Å². The van der Waals surface area contributed by atoms with Gasteiger partial charge in [-0.1, -0.05) is 26.0 Å². The van der Waals surface area contributed by atoms with Gasteiger partial charge in [-0.25, -0.2) is 0 Å². The molecule has 0 radical (unpaired) electrons. The maximum atomic E-state index is 12.9. The topological polar surface area (TPSA) is 63.2 Å². The van der Waals surface area contributed by atoms with Crippen LogP contribution in [0.25, 0.3) is 0 Å². The lowest BCUT2D eigenvalue weighted by atomic mass is 9.68. The zero-order chi connectivity index (χ0) is 16.3. The summed E-state index contributed by atoms with van der Waals surface area (Å²) >= 11 is 0. The summed E-state index contributed by atoms with van der Waals surface area (Å²) in [5.41, 5.74) is 0.961. The zero-order valence-electron chi connectivity index (χ0n) is 13.4. The Morgan fingerprint density at radius 1 is 1.23 bits per heavy atom. The lowest BCUT2D eigenvalue weighted by Crippen LogP contribution is -2.47. The summed E-state index contributed by atoms with van der Waals surface area (Å²) in [5.74, 6) is -1.52. The highest BCUT2D eigenvalue weighted by Crippen LogP contribution is 2.62. The first-order valence-corrected chi connectivity index (χ1v) is 7.70. The molecule has 0 spiro atoms. The summed E-state index contributed by atoms with van der Waals surface area (Å²) in [5, 5.41) is 2.91.